The molecular weight excluding hydrogens is 208 g/mol. The van der Waals surface area contributed by atoms with E-state index in [-0.39, 0.29) is 0 Å². The van der Waals surface area contributed by atoms with Crippen LogP contribution < -0.4 is 4.74 Å². The summed E-state index contributed by atoms with van der Waals surface area (Å²) >= 11 is 0. The highest BCUT2D eigenvalue weighted by atomic mass is 16.5. The van der Waals surface area contributed by atoms with Gasteiger partial charge in [-0.3, -0.25) is 9.67 Å². The fraction of sp³-hybridized carbons (Fsp3) is 0.300. The molecule has 6 heteroatoms. The van der Waals surface area contributed by atoms with Crippen molar-refractivity contribution in [1.29, 1.82) is 0 Å². The van der Waals surface area contributed by atoms with E-state index in [1.54, 1.807) is 24.0 Å². The Morgan fingerprint density at radius 2 is 2.06 bits per heavy atom. The predicted molar refractivity (Wildman–Crippen MR) is 55.9 cm³/mol. The number of rotatable bonds is 3. The number of aryl methyl sites for hydroxylation is 1. The summed E-state index contributed by atoms with van der Waals surface area (Å²) in [5.74, 6) is 0.316. The van der Waals surface area contributed by atoms with Crippen molar-refractivity contribution >= 4 is 0 Å². The highest BCUT2D eigenvalue weighted by Crippen LogP contribution is 2.25. The van der Waals surface area contributed by atoms with Gasteiger partial charge < -0.3 is 9.84 Å². The van der Waals surface area contributed by atoms with E-state index in [9.17, 15) is 5.11 Å². The third kappa shape index (κ3) is 1.74. The molecule has 0 aliphatic carbocycles. The van der Waals surface area contributed by atoms with E-state index in [0.29, 0.717) is 17.3 Å². The van der Waals surface area contributed by atoms with E-state index in [2.05, 4.69) is 15.1 Å². The zero-order chi connectivity index (χ0) is 11.5. The summed E-state index contributed by atoms with van der Waals surface area (Å²) in [4.78, 5) is 8.05. The summed E-state index contributed by atoms with van der Waals surface area (Å²) in [6.45, 7) is 0. The lowest BCUT2D eigenvalue weighted by molar-refractivity contribution is 0.198. The minimum absolute atomic E-state index is 0.316. The summed E-state index contributed by atoms with van der Waals surface area (Å²) in [6.07, 6.45) is 3.74. The van der Waals surface area contributed by atoms with Crippen LogP contribution in [-0.4, -0.2) is 32.0 Å². The van der Waals surface area contributed by atoms with Crippen molar-refractivity contribution < 1.29 is 9.84 Å². The maximum atomic E-state index is 10.1. The number of aromatic nitrogens is 4. The molecule has 0 radical (unpaired) electrons. The molecule has 2 rings (SSSR count). The van der Waals surface area contributed by atoms with Gasteiger partial charge in [0.25, 0.3) is 0 Å². The number of nitrogens with zero attached hydrogens (tertiary/aromatic N) is 4. The molecule has 6 nitrogen and oxygen atoms in total. The second kappa shape index (κ2) is 4.28. The highest BCUT2D eigenvalue weighted by Gasteiger charge is 2.20. The Hall–Kier alpha value is -1.95. The molecule has 1 N–H and O–H groups in total. The SMILES string of the molecule is COc1nccnc1C(O)c1ccnn1C. The lowest BCUT2D eigenvalue weighted by Gasteiger charge is -2.12. The molecule has 0 saturated heterocycles. The Balaban J connectivity index is 2.41. The Labute approximate surface area is 92.5 Å². The average molecular weight is 220 g/mol. The predicted octanol–water partition coefficient (Wildman–Crippen LogP) is 0.300. The van der Waals surface area contributed by atoms with Gasteiger partial charge in [0.15, 0.2) is 0 Å². The molecule has 0 aliphatic heterocycles. The summed E-state index contributed by atoms with van der Waals surface area (Å²) in [5, 5.41) is 14.1. The van der Waals surface area contributed by atoms with Crippen molar-refractivity contribution in [3.8, 4) is 5.88 Å². The molecule has 84 valence electrons. The van der Waals surface area contributed by atoms with Gasteiger partial charge >= 0.3 is 0 Å². The Bertz CT molecular complexity index is 483. The van der Waals surface area contributed by atoms with Gasteiger partial charge in [0.05, 0.1) is 12.8 Å². The van der Waals surface area contributed by atoms with E-state index in [1.807, 2.05) is 0 Å². The summed E-state index contributed by atoms with van der Waals surface area (Å²) in [7, 11) is 3.24. The Kier molecular flexibility index (Phi) is 2.82. The van der Waals surface area contributed by atoms with Crippen LogP contribution in [0.15, 0.2) is 24.7 Å². The van der Waals surface area contributed by atoms with E-state index in [0.717, 1.165) is 0 Å². The molecule has 1 unspecified atom stereocenters. The summed E-state index contributed by atoms with van der Waals surface area (Å²) in [6, 6.07) is 1.72. The van der Waals surface area contributed by atoms with E-state index >= 15 is 0 Å². The van der Waals surface area contributed by atoms with Crippen molar-refractivity contribution in [3.05, 3.63) is 36.0 Å². The lowest BCUT2D eigenvalue weighted by atomic mass is 10.2. The van der Waals surface area contributed by atoms with Gasteiger partial charge in [0, 0.05) is 25.6 Å². The normalized spacial score (nSPS) is 12.4. The molecule has 16 heavy (non-hydrogen) atoms. The molecule has 1 atom stereocenters. The number of hydrogen-bond donors (Lipinski definition) is 1. The number of aliphatic hydroxyl groups is 1. The molecule has 0 saturated carbocycles. The van der Waals surface area contributed by atoms with Crippen LogP contribution in [0.3, 0.4) is 0 Å². The van der Waals surface area contributed by atoms with Crippen LogP contribution in [-0.2, 0) is 7.05 Å². The number of aliphatic hydroxyl groups excluding tert-OH is 1. The third-order valence-corrected chi connectivity index (χ3v) is 2.28. The first-order chi connectivity index (χ1) is 7.74. The molecule has 0 spiro atoms. The molecule has 0 bridgehead atoms. The van der Waals surface area contributed by atoms with Crippen LogP contribution in [0.25, 0.3) is 0 Å². The van der Waals surface area contributed by atoms with Gasteiger partial charge in [-0.25, -0.2) is 4.98 Å². The van der Waals surface area contributed by atoms with Crippen LogP contribution >= 0.6 is 0 Å². The Morgan fingerprint density at radius 3 is 2.69 bits per heavy atom. The van der Waals surface area contributed by atoms with E-state index in [1.165, 1.54) is 19.5 Å². The largest absolute Gasteiger partial charge is 0.480 e. The first-order valence-corrected chi connectivity index (χ1v) is 4.75. The third-order valence-electron chi connectivity index (χ3n) is 2.28. The van der Waals surface area contributed by atoms with Crippen LogP contribution in [0.5, 0.6) is 5.88 Å². The van der Waals surface area contributed by atoms with Gasteiger partial charge in [0.1, 0.15) is 11.8 Å². The molecule has 2 heterocycles. The molecule has 0 aliphatic rings. The molecule has 2 aromatic heterocycles. The van der Waals surface area contributed by atoms with Gasteiger partial charge in [-0.1, -0.05) is 0 Å². The minimum Gasteiger partial charge on any atom is -0.480 e. The maximum Gasteiger partial charge on any atom is 0.238 e. The van der Waals surface area contributed by atoms with Crippen LogP contribution in [0.4, 0.5) is 0 Å². The fourth-order valence-electron chi connectivity index (χ4n) is 1.47. The van der Waals surface area contributed by atoms with Gasteiger partial charge in [0.2, 0.25) is 5.88 Å². The van der Waals surface area contributed by atoms with Crippen molar-refractivity contribution in [2.45, 2.75) is 6.10 Å². The van der Waals surface area contributed by atoms with Crippen molar-refractivity contribution in [3.63, 3.8) is 0 Å². The van der Waals surface area contributed by atoms with Crippen LogP contribution in [0.2, 0.25) is 0 Å². The smallest absolute Gasteiger partial charge is 0.238 e. The van der Waals surface area contributed by atoms with Crippen LogP contribution in [0, 0.1) is 0 Å². The second-order valence-corrected chi connectivity index (χ2v) is 3.23. The highest BCUT2D eigenvalue weighted by molar-refractivity contribution is 5.26. The number of ether oxygens (including phenoxy) is 1. The maximum absolute atomic E-state index is 10.1. The number of hydrogen-bond acceptors (Lipinski definition) is 5. The summed E-state index contributed by atoms with van der Waals surface area (Å²) in [5.41, 5.74) is 1.02. The zero-order valence-electron chi connectivity index (χ0n) is 9.03. The Morgan fingerprint density at radius 1 is 1.31 bits per heavy atom. The monoisotopic (exact) mass is 220 g/mol. The van der Waals surface area contributed by atoms with Crippen molar-refractivity contribution in [1.82, 2.24) is 19.7 Å². The molecule has 0 amide bonds. The van der Waals surface area contributed by atoms with E-state index < -0.39 is 6.10 Å². The lowest BCUT2D eigenvalue weighted by Crippen LogP contribution is -2.10. The minimum atomic E-state index is -0.892. The first-order valence-electron chi connectivity index (χ1n) is 4.75. The fourth-order valence-corrected chi connectivity index (χ4v) is 1.47. The van der Waals surface area contributed by atoms with Crippen LogP contribution in [0.1, 0.15) is 17.5 Å². The molecule has 0 fully saturated rings. The molecular formula is C10H12N4O2. The molecule has 2 aromatic rings. The second-order valence-electron chi connectivity index (χ2n) is 3.23. The van der Waals surface area contributed by atoms with E-state index in [4.69, 9.17) is 4.74 Å². The standard InChI is InChI=1S/C10H12N4O2/c1-14-7(3-4-13-14)9(15)8-10(16-2)12-6-5-11-8/h3-6,9,15H,1-2H3. The summed E-state index contributed by atoms with van der Waals surface area (Å²) < 4.78 is 6.62. The van der Waals surface area contributed by atoms with Gasteiger partial charge in [-0.2, -0.15) is 5.10 Å². The molecule has 0 aromatic carbocycles. The van der Waals surface area contributed by atoms with Crippen molar-refractivity contribution in [2.24, 2.45) is 7.05 Å². The average Bonchev–Trinajstić information content (AvgIpc) is 2.74. The van der Waals surface area contributed by atoms with Crippen molar-refractivity contribution in [2.75, 3.05) is 7.11 Å². The zero-order valence-corrected chi connectivity index (χ0v) is 9.03. The topological polar surface area (TPSA) is 73.1 Å². The van der Waals surface area contributed by atoms with Gasteiger partial charge in [-0.05, 0) is 6.07 Å². The quantitative estimate of drug-likeness (QED) is 0.805. The van der Waals surface area contributed by atoms with Gasteiger partial charge in [-0.15, -0.1) is 0 Å². The first kappa shape index (κ1) is 10.6. The number of methoxy groups -OCH3 is 1.